The van der Waals surface area contributed by atoms with Crippen LogP contribution in [0.2, 0.25) is 0 Å². The van der Waals surface area contributed by atoms with E-state index in [1.54, 1.807) is 0 Å². The highest BCUT2D eigenvalue weighted by atomic mass is 16.5. The van der Waals surface area contributed by atoms with Crippen molar-refractivity contribution in [1.29, 1.82) is 0 Å². The lowest BCUT2D eigenvalue weighted by Gasteiger charge is -2.14. The van der Waals surface area contributed by atoms with Crippen LogP contribution >= 0.6 is 0 Å². The molecule has 0 fully saturated rings. The van der Waals surface area contributed by atoms with Gasteiger partial charge in [0, 0.05) is 25.5 Å². The number of anilines is 2. The Kier molecular flexibility index (Phi) is 6.28. The molecule has 25 heavy (non-hydrogen) atoms. The number of hydrogen-bond donors (Lipinski definition) is 2. The molecule has 0 spiro atoms. The third kappa shape index (κ3) is 5.71. The second-order valence-corrected chi connectivity index (χ2v) is 6.52. The number of nitrogens with zero attached hydrogens (tertiary/aromatic N) is 2. The maximum atomic E-state index is 6.00. The average molecular weight is 340 g/mol. The number of nitrogens with one attached hydrogen (secondary N) is 1. The third-order valence-electron chi connectivity index (χ3n) is 3.76. The topological polar surface area (TPSA) is 62.9 Å². The number of benzene rings is 2. The summed E-state index contributed by atoms with van der Waals surface area (Å²) < 4.78 is 5.63. The molecule has 0 saturated heterocycles. The highest BCUT2D eigenvalue weighted by Gasteiger charge is 2.03. The maximum absolute atomic E-state index is 6.00. The summed E-state index contributed by atoms with van der Waals surface area (Å²) in [5, 5.41) is 3.11. The first kappa shape index (κ1) is 18.6. The van der Waals surface area contributed by atoms with Crippen LogP contribution in [-0.2, 0) is 6.54 Å². The minimum Gasteiger partial charge on any atom is -0.491 e. The normalized spacial score (nSPS) is 11.5. The van der Waals surface area contributed by atoms with Crippen LogP contribution in [0.1, 0.15) is 25.0 Å². The first-order valence-electron chi connectivity index (χ1n) is 8.45. The molecule has 0 saturated carbocycles. The van der Waals surface area contributed by atoms with Crippen molar-refractivity contribution >= 4 is 17.3 Å². The molecule has 2 rings (SSSR count). The number of rotatable bonds is 6. The Balaban J connectivity index is 1.97. The average Bonchev–Trinajstić information content (AvgIpc) is 2.55. The van der Waals surface area contributed by atoms with E-state index in [9.17, 15) is 0 Å². The molecular weight excluding hydrogens is 312 g/mol. The Morgan fingerprint density at radius 3 is 2.40 bits per heavy atom. The fraction of sp³-hybridized carbons (Fsp3) is 0.350. The molecular formula is C20H28N4O. The smallest absolute Gasteiger partial charge is 0.193 e. The quantitative estimate of drug-likeness (QED) is 0.620. The van der Waals surface area contributed by atoms with E-state index in [4.69, 9.17) is 10.5 Å². The number of aliphatic imine (C=N–C) groups is 1. The zero-order valence-corrected chi connectivity index (χ0v) is 15.7. The molecule has 0 atom stereocenters. The maximum Gasteiger partial charge on any atom is 0.193 e. The van der Waals surface area contributed by atoms with Crippen LogP contribution in [0.15, 0.2) is 47.5 Å². The van der Waals surface area contributed by atoms with Crippen molar-refractivity contribution in [2.75, 3.05) is 24.3 Å². The van der Waals surface area contributed by atoms with E-state index in [2.05, 4.69) is 40.3 Å². The molecule has 5 heteroatoms. The van der Waals surface area contributed by atoms with Crippen LogP contribution in [0.25, 0.3) is 0 Å². The Morgan fingerprint density at radius 2 is 1.84 bits per heavy atom. The van der Waals surface area contributed by atoms with Gasteiger partial charge in [-0.3, -0.25) is 0 Å². The van der Waals surface area contributed by atoms with Gasteiger partial charge < -0.3 is 20.7 Å². The number of ether oxygens (including phenoxy) is 1. The number of hydrogen-bond acceptors (Lipinski definition) is 3. The predicted octanol–water partition coefficient (Wildman–Crippen LogP) is 3.78. The second kappa shape index (κ2) is 8.42. The van der Waals surface area contributed by atoms with E-state index in [0.29, 0.717) is 12.5 Å². The zero-order valence-electron chi connectivity index (χ0n) is 15.7. The Labute approximate surface area is 150 Å². The van der Waals surface area contributed by atoms with Crippen LogP contribution in [0.4, 0.5) is 11.4 Å². The summed E-state index contributed by atoms with van der Waals surface area (Å²) in [5.41, 5.74) is 10.4. The van der Waals surface area contributed by atoms with Gasteiger partial charge in [-0.15, -0.1) is 0 Å². The van der Waals surface area contributed by atoms with Gasteiger partial charge in [0.1, 0.15) is 5.75 Å². The summed E-state index contributed by atoms with van der Waals surface area (Å²) in [6.07, 6.45) is 0.160. The summed E-state index contributed by atoms with van der Waals surface area (Å²) >= 11 is 0. The van der Waals surface area contributed by atoms with Crippen LogP contribution in [0.3, 0.4) is 0 Å². The number of aryl methyl sites for hydroxylation is 1. The lowest BCUT2D eigenvalue weighted by Crippen LogP contribution is -2.22. The van der Waals surface area contributed by atoms with E-state index in [1.165, 1.54) is 11.3 Å². The van der Waals surface area contributed by atoms with E-state index in [1.807, 2.05) is 52.2 Å². The fourth-order valence-electron chi connectivity index (χ4n) is 2.38. The largest absolute Gasteiger partial charge is 0.491 e. The fourth-order valence-corrected chi connectivity index (χ4v) is 2.38. The van der Waals surface area contributed by atoms with Crippen LogP contribution in [-0.4, -0.2) is 26.2 Å². The highest BCUT2D eigenvalue weighted by molar-refractivity contribution is 5.92. The van der Waals surface area contributed by atoms with Crippen molar-refractivity contribution in [2.45, 2.75) is 33.4 Å². The summed E-state index contributed by atoms with van der Waals surface area (Å²) in [7, 11) is 4.07. The molecule has 0 amide bonds. The highest BCUT2D eigenvalue weighted by Crippen LogP contribution is 2.19. The number of nitrogens with two attached hydrogens (primary N) is 1. The van der Waals surface area contributed by atoms with Crippen molar-refractivity contribution in [1.82, 2.24) is 0 Å². The Hall–Kier alpha value is -2.69. The van der Waals surface area contributed by atoms with Crippen LogP contribution in [0.5, 0.6) is 5.75 Å². The first-order valence-corrected chi connectivity index (χ1v) is 8.45. The van der Waals surface area contributed by atoms with E-state index >= 15 is 0 Å². The molecule has 0 radical (unpaired) electrons. The van der Waals surface area contributed by atoms with Gasteiger partial charge in [-0.25, -0.2) is 4.99 Å². The van der Waals surface area contributed by atoms with Crippen molar-refractivity contribution in [3.63, 3.8) is 0 Å². The Bertz CT molecular complexity index is 721. The van der Waals surface area contributed by atoms with Crippen LogP contribution in [0, 0.1) is 6.92 Å². The summed E-state index contributed by atoms with van der Waals surface area (Å²) in [5.74, 6) is 1.24. The second-order valence-electron chi connectivity index (χ2n) is 6.52. The van der Waals surface area contributed by atoms with Crippen LogP contribution < -0.4 is 20.7 Å². The number of guanidine groups is 1. The van der Waals surface area contributed by atoms with Gasteiger partial charge in [0.05, 0.1) is 12.6 Å². The van der Waals surface area contributed by atoms with Gasteiger partial charge in [0.15, 0.2) is 5.96 Å². The minimum absolute atomic E-state index is 0.160. The van der Waals surface area contributed by atoms with Crippen molar-refractivity contribution < 1.29 is 4.74 Å². The SMILES string of the molecule is Cc1cc(N(C)C)ccc1CN=C(N)Nc1ccc(OC(C)C)cc1. The van der Waals surface area contributed by atoms with Crippen molar-refractivity contribution in [3.8, 4) is 5.75 Å². The van der Waals surface area contributed by atoms with Gasteiger partial charge in [-0.2, -0.15) is 0 Å². The molecule has 0 aromatic heterocycles. The van der Waals surface area contributed by atoms with E-state index in [0.717, 1.165) is 17.0 Å². The molecule has 3 N–H and O–H groups in total. The monoisotopic (exact) mass is 340 g/mol. The molecule has 5 nitrogen and oxygen atoms in total. The lowest BCUT2D eigenvalue weighted by molar-refractivity contribution is 0.242. The summed E-state index contributed by atoms with van der Waals surface area (Å²) in [6, 6.07) is 14.0. The Morgan fingerprint density at radius 1 is 1.16 bits per heavy atom. The van der Waals surface area contributed by atoms with Gasteiger partial charge >= 0.3 is 0 Å². The lowest BCUT2D eigenvalue weighted by atomic mass is 10.1. The molecule has 134 valence electrons. The standard InChI is InChI=1S/C20H28N4O/c1-14(2)25-19-10-7-17(8-11-19)23-20(21)22-13-16-6-9-18(24(4)5)12-15(16)3/h6-12,14H,13H2,1-5H3,(H3,21,22,23). The molecule has 0 aliphatic carbocycles. The van der Waals surface area contributed by atoms with Crippen molar-refractivity contribution in [2.24, 2.45) is 10.7 Å². The molecule has 0 bridgehead atoms. The molecule has 0 aliphatic rings. The minimum atomic E-state index is 0.160. The molecule has 0 aliphatic heterocycles. The van der Waals surface area contributed by atoms with Gasteiger partial charge in [0.25, 0.3) is 0 Å². The van der Waals surface area contributed by atoms with Gasteiger partial charge in [-0.1, -0.05) is 6.07 Å². The van der Waals surface area contributed by atoms with Gasteiger partial charge in [-0.05, 0) is 68.3 Å². The van der Waals surface area contributed by atoms with E-state index in [-0.39, 0.29) is 6.10 Å². The third-order valence-corrected chi connectivity index (χ3v) is 3.76. The molecule has 0 unspecified atom stereocenters. The molecule has 2 aromatic carbocycles. The molecule has 2 aromatic rings. The summed E-state index contributed by atoms with van der Waals surface area (Å²) in [4.78, 5) is 6.52. The predicted molar refractivity (Wildman–Crippen MR) is 107 cm³/mol. The van der Waals surface area contributed by atoms with Gasteiger partial charge in [0.2, 0.25) is 0 Å². The summed E-state index contributed by atoms with van der Waals surface area (Å²) in [6.45, 7) is 6.65. The van der Waals surface area contributed by atoms with Crippen molar-refractivity contribution in [3.05, 3.63) is 53.6 Å². The molecule has 0 heterocycles. The zero-order chi connectivity index (χ0) is 18.4. The van der Waals surface area contributed by atoms with E-state index < -0.39 is 0 Å². The first-order chi connectivity index (χ1) is 11.8.